The molecule has 0 spiro atoms. The first kappa shape index (κ1) is 15.5. The number of aromatic amines is 1. The smallest absolute Gasteiger partial charge is 0.267 e. The second-order valence-electron chi connectivity index (χ2n) is 5.05. The topological polar surface area (TPSA) is 78.0 Å². The van der Waals surface area contributed by atoms with Crippen LogP contribution in [0.25, 0.3) is 17.1 Å². The number of aromatic nitrogens is 2. The van der Waals surface area contributed by atoms with Crippen molar-refractivity contribution in [1.82, 2.24) is 15.4 Å². The lowest BCUT2D eigenvalue weighted by atomic mass is 10.1. The summed E-state index contributed by atoms with van der Waals surface area (Å²) < 4.78 is 0.972. The molecule has 1 aromatic heterocycles. The molecular formula is C17H14BrN3O2. The molecule has 5 nitrogen and oxygen atoms in total. The fourth-order valence-corrected chi connectivity index (χ4v) is 2.74. The van der Waals surface area contributed by atoms with Crippen molar-refractivity contribution in [3.8, 4) is 0 Å². The van der Waals surface area contributed by atoms with Gasteiger partial charge in [0.25, 0.3) is 5.91 Å². The number of nitrogens with zero attached hydrogens (tertiary/aromatic N) is 1. The summed E-state index contributed by atoms with van der Waals surface area (Å²) in [6.07, 6.45) is 3.60. The van der Waals surface area contributed by atoms with Crippen molar-refractivity contribution in [2.45, 2.75) is 6.42 Å². The molecule has 3 N–H and O–H groups in total. The number of para-hydroxylation sites is 1. The van der Waals surface area contributed by atoms with Crippen molar-refractivity contribution in [2.24, 2.45) is 0 Å². The molecule has 0 radical (unpaired) electrons. The maximum atomic E-state index is 10.9. The van der Waals surface area contributed by atoms with Gasteiger partial charge in [-0.1, -0.05) is 30.3 Å². The number of H-pyrrole nitrogens is 1. The number of halogens is 1. The fourth-order valence-electron chi connectivity index (χ4n) is 2.28. The van der Waals surface area contributed by atoms with Crippen LogP contribution in [0.1, 0.15) is 17.0 Å². The Morgan fingerprint density at radius 2 is 2.04 bits per heavy atom. The van der Waals surface area contributed by atoms with Gasteiger partial charge in [-0.15, -0.1) is 0 Å². The molecular weight excluding hydrogens is 358 g/mol. The Morgan fingerprint density at radius 1 is 1.26 bits per heavy atom. The van der Waals surface area contributed by atoms with Crippen LogP contribution in [0.3, 0.4) is 0 Å². The molecule has 23 heavy (non-hydrogen) atoms. The van der Waals surface area contributed by atoms with Crippen LogP contribution in [0.4, 0.5) is 0 Å². The Bertz CT molecular complexity index is 869. The zero-order valence-electron chi connectivity index (χ0n) is 12.1. The molecule has 0 aliphatic carbocycles. The van der Waals surface area contributed by atoms with Crippen molar-refractivity contribution in [2.75, 3.05) is 0 Å². The van der Waals surface area contributed by atoms with E-state index < -0.39 is 5.91 Å². The number of amides is 1. The standard InChI is InChI=1S/C17H14BrN3O2/c18-13-2-1-3-14-17(13)20-15(19-14)10-12-6-4-11(5-7-12)8-9-16(22)21-23/h1-9,23H,10H2,(H,19,20)(H,21,22). The fraction of sp³-hybridized carbons (Fsp3) is 0.0588. The van der Waals surface area contributed by atoms with Gasteiger partial charge < -0.3 is 4.98 Å². The molecule has 0 atom stereocenters. The summed E-state index contributed by atoms with van der Waals surface area (Å²) in [7, 11) is 0. The van der Waals surface area contributed by atoms with E-state index in [4.69, 9.17) is 5.21 Å². The SMILES string of the molecule is O=C(C=Cc1ccc(Cc2nc3c(Br)cccc3[nH]2)cc1)NO. The van der Waals surface area contributed by atoms with E-state index in [1.165, 1.54) is 6.08 Å². The molecule has 2 aromatic carbocycles. The predicted octanol–water partition coefficient (Wildman–Crippen LogP) is 3.43. The highest BCUT2D eigenvalue weighted by Gasteiger charge is 2.06. The lowest BCUT2D eigenvalue weighted by molar-refractivity contribution is -0.124. The minimum atomic E-state index is -0.554. The first-order chi connectivity index (χ1) is 11.2. The number of imidazole rings is 1. The van der Waals surface area contributed by atoms with E-state index in [-0.39, 0.29) is 0 Å². The number of hydrogen-bond acceptors (Lipinski definition) is 3. The second kappa shape index (κ2) is 6.76. The van der Waals surface area contributed by atoms with Crippen LogP contribution >= 0.6 is 15.9 Å². The summed E-state index contributed by atoms with van der Waals surface area (Å²) in [5.41, 5.74) is 5.48. The molecule has 0 bridgehead atoms. The summed E-state index contributed by atoms with van der Waals surface area (Å²) in [6.45, 7) is 0. The van der Waals surface area contributed by atoms with Crippen LogP contribution in [0.15, 0.2) is 53.0 Å². The third-order valence-corrected chi connectivity index (χ3v) is 4.04. The maximum Gasteiger partial charge on any atom is 0.267 e. The first-order valence-electron chi connectivity index (χ1n) is 7.00. The predicted molar refractivity (Wildman–Crippen MR) is 92.0 cm³/mol. The number of benzene rings is 2. The highest BCUT2D eigenvalue weighted by molar-refractivity contribution is 9.10. The number of carbonyl (C=O) groups excluding carboxylic acids is 1. The van der Waals surface area contributed by atoms with Crippen molar-refractivity contribution in [3.63, 3.8) is 0 Å². The molecule has 0 saturated heterocycles. The summed E-state index contributed by atoms with van der Waals surface area (Å²) in [4.78, 5) is 18.9. The van der Waals surface area contributed by atoms with Crippen molar-refractivity contribution >= 4 is 38.9 Å². The minimum Gasteiger partial charge on any atom is -0.342 e. The normalized spacial score (nSPS) is 11.2. The lowest BCUT2D eigenvalue weighted by Crippen LogP contribution is -2.14. The van der Waals surface area contributed by atoms with Crippen molar-refractivity contribution < 1.29 is 10.0 Å². The third-order valence-electron chi connectivity index (χ3n) is 3.40. The third kappa shape index (κ3) is 3.67. The number of nitrogens with one attached hydrogen (secondary N) is 2. The van der Waals surface area contributed by atoms with E-state index in [1.54, 1.807) is 11.6 Å². The minimum absolute atomic E-state index is 0.554. The summed E-state index contributed by atoms with van der Waals surface area (Å²) in [6, 6.07) is 13.7. The second-order valence-corrected chi connectivity index (χ2v) is 5.90. The van der Waals surface area contributed by atoms with E-state index >= 15 is 0 Å². The number of hydroxylamine groups is 1. The molecule has 1 amide bonds. The highest BCUT2D eigenvalue weighted by Crippen LogP contribution is 2.22. The van der Waals surface area contributed by atoms with Crippen LogP contribution in [0.5, 0.6) is 0 Å². The average molecular weight is 372 g/mol. The van der Waals surface area contributed by atoms with Gasteiger partial charge >= 0.3 is 0 Å². The summed E-state index contributed by atoms with van der Waals surface area (Å²) in [5, 5.41) is 8.44. The zero-order valence-corrected chi connectivity index (χ0v) is 13.7. The van der Waals surface area contributed by atoms with Crippen LogP contribution in [0.2, 0.25) is 0 Å². The molecule has 0 aliphatic rings. The van der Waals surface area contributed by atoms with E-state index in [0.29, 0.717) is 6.42 Å². The molecule has 0 fully saturated rings. The molecule has 116 valence electrons. The average Bonchev–Trinajstić information content (AvgIpc) is 2.98. The van der Waals surface area contributed by atoms with Crippen LogP contribution < -0.4 is 5.48 Å². The van der Waals surface area contributed by atoms with Crippen LogP contribution in [-0.4, -0.2) is 21.1 Å². The van der Waals surface area contributed by atoms with Gasteiger partial charge in [-0.25, -0.2) is 10.5 Å². The van der Waals surface area contributed by atoms with Gasteiger partial charge in [0, 0.05) is 17.0 Å². The van der Waals surface area contributed by atoms with E-state index in [0.717, 1.165) is 32.5 Å². The molecule has 1 heterocycles. The summed E-state index contributed by atoms with van der Waals surface area (Å²) in [5.74, 6) is 0.344. The van der Waals surface area contributed by atoms with Gasteiger partial charge in [-0.05, 0) is 45.3 Å². The number of fused-ring (bicyclic) bond motifs is 1. The molecule has 3 rings (SSSR count). The van der Waals surface area contributed by atoms with E-state index in [1.807, 2.05) is 42.5 Å². The molecule has 3 aromatic rings. The monoisotopic (exact) mass is 371 g/mol. The van der Waals surface area contributed by atoms with Gasteiger partial charge in [-0.2, -0.15) is 0 Å². The number of carbonyl (C=O) groups is 1. The maximum absolute atomic E-state index is 10.9. The van der Waals surface area contributed by atoms with Crippen LogP contribution in [0, 0.1) is 0 Å². The van der Waals surface area contributed by atoms with Crippen LogP contribution in [-0.2, 0) is 11.2 Å². The van der Waals surface area contributed by atoms with Crippen molar-refractivity contribution in [1.29, 1.82) is 0 Å². The molecule has 0 saturated carbocycles. The van der Waals surface area contributed by atoms with E-state index in [2.05, 4.69) is 25.9 Å². The van der Waals surface area contributed by atoms with Gasteiger partial charge in [0.1, 0.15) is 11.3 Å². The largest absolute Gasteiger partial charge is 0.342 e. The number of hydrogen-bond donors (Lipinski definition) is 3. The Morgan fingerprint density at radius 3 is 2.74 bits per heavy atom. The first-order valence-corrected chi connectivity index (χ1v) is 7.79. The summed E-state index contributed by atoms with van der Waals surface area (Å²) >= 11 is 3.50. The highest BCUT2D eigenvalue weighted by atomic mass is 79.9. The molecule has 6 heteroatoms. The Balaban J connectivity index is 1.76. The molecule has 0 aliphatic heterocycles. The molecule has 0 unspecified atom stereocenters. The van der Waals surface area contributed by atoms with Gasteiger partial charge in [0.05, 0.1) is 5.52 Å². The Kier molecular flexibility index (Phi) is 4.55. The van der Waals surface area contributed by atoms with Crippen molar-refractivity contribution in [3.05, 3.63) is 70.0 Å². The number of rotatable bonds is 4. The Hall–Kier alpha value is -2.44. The zero-order chi connectivity index (χ0) is 16.2. The van der Waals surface area contributed by atoms with Gasteiger partial charge in [-0.3, -0.25) is 10.0 Å². The lowest BCUT2D eigenvalue weighted by Gasteiger charge is -1.99. The quantitative estimate of drug-likeness (QED) is 0.373. The Labute approximate surface area is 141 Å². The van der Waals surface area contributed by atoms with E-state index in [9.17, 15) is 4.79 Å². The van der Waals surface area contributed by atoms with Gasteiger partial charge in [0.15, 0.2) is 0 Å². The van der Waals surface area contributed by atoms with Gasteiger partial charge in [0.2, 0.25) is 0 Å².